The van der Waals surface area contributed by atoms with Crippen LogP contribution in [0.15, 0.2) is 30.3 Å². The first kappa shape index (κ1) is 18.7. The van der Waals surface area contributed by atoms with Crippen molar-refractivity contribution >= 4 is 0 Å². The van der Waals surface area contributed by atoms with Crippen LogP contribution in [0.2, 0.25) is 0 Å². The Balaban J connectivity index is 1.61. The van der Waals surface area contributed by atoms with Crippen LogP contribution in [-0.4, -0.2) is 44.8 Å². The smallest absolute Gasteiger partial charge is 0.200 e. The van der Waals surface area contributed by atoms with Crippen LogP contribution in [0, 0.1) is 11.8 Å². The van der Waals surface area contributed by atoms with E-state index in [2.05, 4.69) is 0 Å². The van der Waals surface area contributed by atoms with Crippen LogP contribution in [0.25, 0.3) is 0 Å². The van der Waals surface area contributed by atoms with Crippen LogP contribution < -0.4 is 14.2 Å². The summed E-state index contributed by atoms with van der Waals surface area (Å²) in [5, 5.41) is 20.0. The molecule has 2 saturated heterocycles. The highest BCUT2D eigenvalue weighted by atomic mass is 16.5. The Hall–Kier alpha value is -2.64. The van der Waals surface area contributed by atoms with Gasteiger partial charge in [0.1, 0.15) is 0 Å². The van der Waals surface area contributed by atoms with Crippen molar-refractivity contribution in [3.63, 3.8) is 0 Å². The minimum absolute atomic E-state index is 0.0277. The van der Waals surface area contributed by atoms with E-state index in [1.54, 1.807) is 18.2 Å². The standard InChI is InChI=1S/C21H24O7/c1-24-16-6-11(4-5-15(16)22)20-13-9-28-21(14(13)10-27-20)12-7-17(25-2)19(23)18(8-12)26-3/h4-8,13-14,20-23H,9-10H2,1-3H3/t13-,14-,20-,21+/m0/s1. The molecule has 0 aromatic heterocycles. The molecule has 0 saturated carbocycles. The molecule has 2 aliphatic rings. The molecule has 150 valence electrons. The maximum atomic E-state index is 10.2. The van der Waals surface area contributed by atoms with Gasteiger partial charge in [0.15, 0.2) is 23.0 Å². The monoisotopic (exact) mass is 388 g/mol. The first-order valence-electron chi connectivity index (χ1n) is 9.12. The third-order valence-electron chi connectivity index (χ3n) is 5.63. The lowest BCUT2D eigenvalue weighted by Crippen LogP contribution is -2.14. The van der Waals surface area contributed by atoms with E-state index in [0.29, 0.717) is 30.5 Å². The zero-order chi connectivity index (χ0) is 19.8. The summed E-state index contributed by atoms with van der Waals surface area (Å²) in [6.07, 6.45) is -0.317. The van der Waals surface area contributed by atoms with Gasteiger partial charge >= 0.3 is 0 Å². The van der Waals surface area contributed by atoms with Gasteiger partial charge in [-0.05, 0) is 35.4 Å². The van der Waals surface area contributed by atoms with Crippen molar-refractivity contribution in [2.75, 3.05) is 34.5 Å². The van der Waals surface area contributed by atoms with Gasteiger partial charge in [-0.15, -0.1) is 0 Å². The average molecular weight is 388 g/mol. The number of methoxy groups -OCH3 is 3. The Morgan fingerprint density at radius 1 is 0.750 bits per heavy atom. The highest BCUT2D eigenvalue weighted by Gasteiger charge is 2.48. The maximum Gasteiger partial charge on any atom is 0.200 e. The van der Waals surface area contributed by atoms with Crippen molar-refractivity contribution in [3.8, 4) is 28.7 Å². The molecule has 2 aromatic carbocycles. The van der Waals surface area contributed by atoms with Crippen LogP contribution in [0.1, 0.15) is 23.3 Å². The molecule has 0 aliphatic carbocycles. The van der Waals surface area contributed by atoms with E-state index in [-0.39, 0.29) is 35.5 Å². The largest absolute Gasteiger partial charge is 0.504 e. The normalized spacial score (nSPS) is 26.1. The average Bonchev–Trinajstić information content (AvgIpc) is 3.31. The summed E-state index contributed by atoms with van der Waals surface area (Å²) in [6, 6.07) is 8.84. The fourth-order valence-electron chi connectivity index (χ4n) is 4.18. The molecule has 2 aromatic rings. The van der Waals surface area contributed by atoms with Crippen LogP contribution in [0.5, 0.6) is 28.7 Å². The van der Waals surface area contributed by atoms with Crippen molar-refractivity contribution in [1.82, 2.24) is 0 Å². The van der Waals surface area contributed by atoms with Gasteiger partial charge in [-0.2, -0.15) is 0 Å². The Morgan fingerprint density at radius 2 is 1.25 bits per heavy atom. The number of phenolic OH excluding ortho intramolecular Hbond substituents is 2. The summed E-state index contributed by atoms with van der Waals surface area (Å²) < 4.78 is 28.0. The fraction of sp³-hybridized carbons (Fsp3) is 0.429. The van der Waals surface area contributed by atoms with E-state index in [4.69, 9.17) is 23.7 Å². The number of benzene rings is 2. The molecule has 2 heterocycles. The summed E-state index contributed by atoms with van der Waals surface area (Å²) >= 11 is 0. The highest BCUT2D eigenvalue weighted by Crippen LogP contribution is 2.52. The molecule has 0 amide bonds. The summed E-state index contributed by atoms with van der Waals surface area (Å²) in [7, 11) is 4.53. The van der Waals surface area contributed by atoms with Crippen molar-refractivity contribution in [2.24, 2.45) is 11.8 Å². The molecule has 0 unspecified atom stereocenters. The third kappa shape index (κ3) is 3.00. The summed E-state index contributed by atoms with van der Waals surface area (Å²) in [5.74, 6) is 1.52. The predicted octanol–water partition coefficient (Wildman–Crippen LogP) is 3.20. The number of phenols is 2. The van der Waals surface area contributed by atoms with Crippen LogP contribution in [0.3, 0.4) is 0 Å². The van der Waals surface area contributed by atoms with Gasteiger partial charge in [0.25, 0.3) is 0 Å². The Morgan fingerprint density at radius 3 is 1.79 bits per heavy atom. The number of fused-ring (bicyclic) bond motifs is 1. The Bertz CT molecular complexity index is 841. The highest BCUT2D eigenvalue weighted by molar-refractivity contribution is 5.53. The molecule has 28 heavy (non-hydrogen) atoms. The fourth-order valence-corrected chi connectivity index (χ4v) is 4.18. The molecule has 2 fully saturated rings. The maximum absolute atomic E-state index is 10.2. The molecule has 7 nitrogen and oxygen atoms in total. The molecule has 4 atom stereocenters. The number of hydrogen-bond donors (Lipinski definition) is 2. The lowest BCUT2D eigenvalue weighted by molar-refractivity contribution is 0.0191. The van der Waals surface area contributed by atoms with Crippen molar-refractivity contribution < 1.29 is 33.9 Å². The lowest BCUT2D eigenvalue weighted by atomic mass is 9.85. The van der Waals surface area contributed by atoms with Gasteiger partial charge in [0.05, 0.1) is 46.8 Å². The topological polar surface area (TPSA) is 86.6 Å². The van der Waals surface area contributed by atoms with Gasteiger partial charge in [0, 0.05) is 11.8 Å². The van der Waals surface area contributed by atoms with Crippen molar-refractivity contribution in [2.45, 2.75) is 12.2 Å². The zero-order valence-electron chi connectivity index (χ0n) is 16.0. The molecule has 2 aliphatic heterocycles. The van der Waals surface area contributed by atoms with E-state index in [9.17, 15) is 10.2 Å². The molecule has 7 heteroatoms. The summed E-state index contributed by atoms with van der Waals surface area (Å²) in [5.41, 5.74) is 1.83. The minimum Gasteiger partial charge on any atom is -0.504 e. The number of aromatic hydroxyl groups is 2. The van der Waals surface area contributed by atoms with Crippen LogP contribution in [-0.2, 0) is 9.47 Å². The Labute approximate surface area is 163 Å². The van der Waals surface area contributed by atoms with Gasteiger partial charge in [-0.1, -0.05) is 6.07 Å². The van der Waals surface area contributed by atoms with E-state index < -0.39 is 0 Å². The predicted molar refractivity (Wildman–Crippen MR) is 100 cm³/mol. The second kappa shape index (κ2) is 7.41. The number of hydrogen-bond acceptors (Lipinski definition) is 7. The SMILES string of the molecule is COc1cc([C@@H]2OC[C@H]3[C@@H]2CO[C@@H]3c2cc(OC)c(O)c(OC)c2)ccc1O. The van der Waals surface area contributed by atoms with Gasteiger partial charge in [-0.3, -0.25) is 0 Å². The molecule has 2 N–H and O–H groups in total. The molecule has 4 rings (SSSR count). The second-order valence-corrected chi connectivity index (χ2v) is 7.04. The van der Waals surface area contributed by atoms with E-state index in [1.807, 2.05) is 12.1 Å². The number of rotatable bonds is 5. The van der Waals surface area contributed by atoms with Crippen molar-refractivity contribution in [1.29, 1.82) is 0 Å². The van der Waals surface area contributed by atoms with Crippen LogP contribution >= 0.6 is 0 Å². The van der Waals surface area contributed by atoms with Crippen LogP contribution in [0.4, 0.5) is 0 Å². The molecule has 0 spiro atoms. The van der Waals surface area contributed by atoms with E-state index in [0.717, 1.165) is 11.1 Å². The summed E-state index contributed by atoms with van der Waals surface area (Å²) in [4.78, 5) is 0. The molecular weight excluding hydrogens is 364 g/mol. The first-order valence-corrected chi connectivity index (χ1v) is 9.12. The van der Waals surface area contributed by atoms with Gasteiger partial charge in [0.2, 0.25) is 5.75 Å². The Kier molecular flexibility index (Phi) is 4.95. The van der Waals surface area contributed by atoms with Gasteiger partial charge < -0.3 is 33.9 Å². The molecule has 0 bridgehead atoms. The molecule has 0 radical (unpaired) electrons. The van der Waals surface area contributed by atoms with E-state index in [1.165, 1.54) is 21.3 Å². The van der Waals surface area contributed by atoms with Gasteiger partial charge in [-0.25, -0.2) is 0 Å². The minimum atomic E-state index is -0.183. The lowest BCUT2D eigenvalue weighted by Gasteiger charge is -2.19. The quantitative estimate of drug-likeness (QED) is 0.813. The molecular formula is C21H24O7. The first-order chi connectivity index (χ1) is 13.6. The van der Waals surface area contributed by atoms with Crippen molar-refractivity contribution in [3.05, 3.63) is 41.5 Å². The second-order valence-electron chi connectivity index (χ2n) is 7.04. The summed E-state index contributed by atoms with van der Waals surface area (Å²) in [6.45, 7) is 1.10. The van der Waals surface area contributed by atoms with E-state index >= 15 is 0 Å². The number of ether oxygens (including phenoxy) is 5. The zero-order valence-corrected chi connectivity index (χ0v) is 16.0. The third-order valence-corrected chi connectivity index (χ3v) is 5.63.